The fraction of sp³-hybridized carbons (Fsp3) is 0.259. The van der Waals surface area contributed by atoms with E-state index in [0.29, 0.717) is 24.3 Å². The van der Waals surface area contributed by atoms with Crippen LogP contribution >= 0.6 is 11.6 Å². The number of likely N-dealkylation sites (N-methyl/N-ethyl adjacent to an activating group) is 1. The third-order valence-corrected chi connectivity index (χ3v) is 6.44. The first kappa shape index (κ1) is 22.9. The standard InChI is InChI=1S/C27H26ClNO4/c1-29(25(26(30)31)15-7-9-18-8-6-10-19(28)16-18)27(32)33-17-24-22-13-4-2-11-20(22)21-12-3-5-14-23(21)24/h2-6,8,10-14,16,24-25H,7,9,15,17H2,1H3,(H,30,31)/t25-/m0/s1. The molecule has 4 rings (SSSR count). The number of carbonyl (C=O) groups excluding carboxylic acids is 1. The second-order valence-electron chi connectivity index (χ2n) is 8.29. The van der Waals surface area contributed by atoms with E-state index in [-0.39, 0.29) is 12.5 Å². The molecule has 0 saturated carbocycles. The predicted octanol–water partition coefficient (Wildman–Crippen LogP) is 6.00. The van der Waals surface area contributed by atoms with Gasteiger partial charge in [0.25, 0.3) is 0 Å². The van der Waals surface area contributed by atoms with Crippen molar-refractivity contribution in [3.8, 4) is 11.1 Å². The van der Waals surface area contributed by atoms with Crippen LogP contribution in [0.2, 0.25) is 5.02 Å². The molecule has 0 bridgehead atoms. The molecule has 0 spiro atoms. The zero-order valence-electron chi connectivity index (χ0n) is 18.4. The molecule has 0 heterocycles. The number of amides is 1. The number of carbonyl (C=O) groups is 2. The van der Waals surface area contributed by atoms with Crippen LogP contribution in [0.1, 0.15) is 35.4 Å². The Balaban J connectivity index is 1.38. The van der Waals surface area contributed by atoms with Crippen molar-refractivity contribution in [2.45, 2.75) is 31.2 Å². The van der Waals surface area contributed by atoms with Gasteiger partial charge in [-0.25, -0.2) is 9.59 Å². The molecule has 0 fully saturated rings. The van der Waals surface area contributed by atoms with E-state index in [4.69, 9.17) is 16.3 Å². The van der Waals surface area contributed by atoms with Gasteiger partial charge in [0.05, 0.1) is 0 Å². The van der Waals surface area contributed by atoms with Gasteiger partial charge in [0.2, 0.25) is 0 Å². The smallest absolute Gasteiger partial charge is 0.410 e. The molecule has 3 aromatic rings. The first-order chi connectivity index (χ1) is 16.0. The number of halogens is 1. The monoisotopic (exact) mass is 463 g/mol. The van der Waals surface area contributed by atoms with Crippen molar-refractivity contribution in [2.24, 2.45) is 0 Å². The number of nitrogens with zero attached hydrogens (tertiary/aromatic N) is 1. The Bertz CT molecular complexity index is 1120. The SMILES string of the molecule is CN(C(=O)OCC1c2ccccc2-c2ccccc21)[C@@H](CCCc1cccc(Cl)c1)C(=O)O. The summed E-state index contributed by atoms with van der Waals surface area (Å²) in [6.07, 6.45) is 0.982. The van der Waals surface area contributed by atoms with Gasteiger partial charge in [-0.3, -0.25) is 4.90 Å². The fourth-order valence-electron chi connectivity index (χ4n) is 4.50. The Hall–Kier alpha value is -3.31. The average molecular weight is 464 g/mol. The summed E-state index contributed by atoms with van der Waals surface area (Å²) in [4.78, 5) is 25.8. The highest BCUT2D eigenvalue weighted by Crippen LogP contribution is 2.44. The zero-order chi connectivity index (χ0) is 23.4. The minimum atomic E-state index is -1.04. The number of benzene rings is 3. The summed E-state index contributed by atoms with van der Waals surface area (Å²) >= 11 is 6.02. The minimum Gasteiger partial charge on any atom is -0.480 e. The number of carboxylic acids is 1. The number of ether oxygens (including phenoxy) is 1. The molecular formula is C27H26ClNO4. The highest BCUT2D eigenvalue weighted by Gasteiger charge is 2.31. The highest BCUT2D eigenvalue weighted by atomic mass is 35.5. The lowest BCUT2D eigenvalue weighted by molar-refractivity contribution is -0.142. The van der Waals surface area contributed by atoms with Crippen LogP contribution in [-0.4, -0.2) is 41.8 Å². The molecule has 170 valence electrons. The maximum Gasteiger partial charge on any atom is 0.410 e. The lowest BCUT2D eigenvalue weighted by Gasteiger charge is -2.25. The molecule has 6 heteroatoms. The van der Waals surface area contributed by atoms with E-state index < -0.39 is 18.1 Å². The third-order valence-electron chi connectivity index (χ3n) is 6.21. The molecule has 1 aliphatic carbocycles. The Labute approximate surface area is 198 Å². The molecule has 1 aliphatic rings. The first-order valence-electron chi connectivity index (χ1n) is 11.0. The maximum absolute atomic E-state index is 12.8. The van der Waals surface area contributed by atoms with E-state index in [9.17, 15) is 14.7 Å². The van der Waals surface area contributed by atoms with Gasteiger partial charge in [-0.2, -0.15) is 0 Å². The van der Waals surface area contributed by atoms with Crippen molar-refractivity contribution in [1.82, 2.24) is 4.90 Å². The first-order valence-corrected chi connectivity index (χ1v) is 11.4. The molecule has 3 aromatic carbocycles. The summed E-state index contributed by atoms with van der Waals surface area (Å²) in [6, 6.07) is 22.7. The van der Waals surface area contributed by atoms with E-state index in [1.807, 2.05) is 54.6 Å². The van der Waals surface area contributed by atoms with Gasteiger partial charge in [0.15, 0.2) is 0 Å². The van der Waals surface area contributed by atoms with Gasteiger partial charge in [-0.05, 0) is 59.2 Å². The number of aliphatic carboxylic acids is 1. The van der Waals surface area contributed by atoms with E-state index in [1.54, 1.807) is 6.07 Å². The molecule has 0 radical (unpaired) electrons. The van der Waals surface area contributed by atoms with Gasteiger partial charge in [0.1, 0.15) is 12.6 Å². The molecule has 0 unspecified atom stereocenters. The van der Waals surface area contributed by atoms with E-state index >= 15 is 0 Å². The Morgan fingerprint density at radius 1 is 1.00 bits per heavy atom. The lowest BCUT2D eigenvalue weighted by Crippen LogP contribution is -2.43. The van der Waals surface area contributed by atoms with Crippen molar-refractivity contribution in [3.63, 3.8) is 0 Å². The second-order valence-corrected chi connectivity index (χ2v) is 8.73. The van der Waals surface area contributed by atoms with Gasteiger partial charge >= 0.3 is 12.1 Å². The number of fused-ring (bicyclic) bond motifs is 3. The van der Waals surface area contributed by atoms with Gasteiger partial charge in [-0.15, -0.1) is 0 Å². The lowest BCUT2D eigenvalue weighted by atomic mass is 9.98. The van der Waals surface area contributed by atoms with Crippen molar-refractivity contribution in [3.05, 3.63) is 94.5 Å². The van der Waals surface area contributed by atoms with Gasteiger partial charge < -0.3 is 9.84 Å². The predicted molar refractivity (Wildman–Crippen MR) is 129 cm³/mol. The van der Waals surface area contributed by atoms with E-state index in [2.05, 4.69) is 12.1 Å². The maximum atomic E-state index is 12.8. The molecule has 33 heavy (non-hydrogen) atoms. The van der Waals surface area contributed by atoms with Crippen LogP contribution in [0.4, 0.5) is 4.79 Å². The van der Waals surface area contributed by atoms with Crippen LogP contribution in [0.25, 0.3) is 11.1 Å². The van der Waals surface area contributed by atoms with Crippen molar-refractivity contribution in [1.29, 1.82) is 0 Å². The number of carboxylic acid groups (broad SMARTS) is 1. The molecule has 1 amide bonds. The average Bonchev–Trinajstić information content (AvgIpc) is 3.13. The molecule has 0 aliphatic heterocycles. The van der Waals surface area contributed by atoms with Crippen LogP contribution in [-0.2, 0) is 16.0 Å². The topological polar surface area (TPSA) is 66.8 Å². The van der Waals surface area contributed by atoms with Crippen molar-refractivity contribution < 1.29 is 19.4 Å². The largest absolute Gasteiger partial charge is 0.480 e. The van der Waals surface area contributed by atoms with Gasteiger partial charge in [0, 0.05) is 18.0 Å². The van der Waals surface area contributed by atoms with Crippen molar-refractivity contribution >= 4 is 23.7 Å². The van der Waals surface area contributed by atoms with Crippen LogP contribution in [0.15, 0.2) is 72.8 Å². The summed E-state index contributed by atoms with van der Waals surface area (Å²) in [5.74, 6) is -1.11. The summed E-state index contributed by atoms with van der Waals surface area (Å²) < 4.78 is 5.62. The fourth-order valence-corrected chi connectivity index (χ4v) is 4.71. The summed E-state index contributed by atoms with van der Waals surface area (Å²) in [6.45, 7) is 0.159. The normalized spacial score (nSPS) is 13.2. The van der Waals surface area contributed by atoms with Crippen LogP contribution in [0.5, 0.6) is 0 Å². The molecule has 5 nitrogen and oxygen atoms in total. The Morgan fingerprint density at radius 3 is 2.24 bits per heavy atom. The Kier molecular flexibility index (Phi) is 6.99. The molecule has 0 saturated heterocycles. The van der Waals surface area contributed by atoms with E-state index in [0.717, 1.165) is 27.8 Å². The number of hydrogen-bond acceptors (Lipinski definition) is 3. The number of aryl methyl sites for hydroxylation is 1. The molecule has 1 atom stereocenters. The van der Waals surface area contributed by atoms with E-state index in [1.165, 1.54) is 11.9 Å². The quantitative estimate of drug-likeness (QED) is 0.445. The number of hydrogen-bond donors (Lipinski definition) is 1. The Morgan fingerprint density at radius 2 is 1.64 bits per heavy atom. The summed E-state index contributed by atoms with van der Waals surface area (Å²) in [5, 5.41) is 10.4. The highest BCUT2D eigenvalue weighted by molar-refractivity contribution is 6.30. The van der Waals surface area contributed by atoms with Crippen LogP contribution in [0.3, 0.4) is 0 Å². The minimum absolute atomic E-state index is 0.0687. The second kappa shape index (κ2) is 10.1. The van der Waals surface area contributed by atoms with Crippen LogP contribution in [0, 0.1) is 0 Å². The molecule has 0 aromatic heterocycles. The number of rotatable bonds is 8. The summed E-state index contributed by atoms with van der Waals surface area (Å²) in [5.41, 5.74) is 5.56. The molecule has 1 N–H and O–H groups in total. The molecular weight excluding hydrogens is 438 g/mol. The van der Waals surface area contributed by atoms with Gasteiger partial charge in [-0.1, -0.05) is 72.3 Å². The van der Waals surface area contributed by atoms with Crippen LogP contribution < -0.4 is 0 Å². The third kappa shape index (κ3) is 5.04. The zero-order valence-corrected chi connectivity index (χ0v) is 19.2. The van der Waals surface area contributed by atoms with Crippen molar-refractivity contribution in [2.75, 3.05) is 13.7 Å². The summed E-state index contributed by atoms with van der Waals surface area (Å²) in [7, 11) is 1.48.